The summed E-state index contributed by atoms with van der Waals surface area (Å²) >= 11 is 12.2. The van der Waals surface area contributed by atoms with Gasteiger partial charge in [0.05, 0.1) is 13.8 Å². The number of methoxy groups -OCH3 is 1. The van der Waals surface area contributed by atoms with E-state index in [0.717, 1.165) is 11.3 Å². The molecule has 3 aromatic rings. The third-order valence-electron chi connectivity index (χ3n) is 7.87. The molecule has 1 spiro atoms. The van der Waals surface area contributed by atoms with Crippen molar-refractivity contribution >= 4 is 52.4 Å². The second-order valence-electron chi connectivity index (χ2n) is 10.4. The molecule has 5 rings (SSSR count). The molecular formula is C31H33Cl2N5O4. The number of carbonyl (C=O) groups excluding carboxylic acids is 3. The molecule has 4 amide bonds. The minimum absolute atomic E-state index is 0.0556. The van der Waals surface area contributed by atoms with Gasteiger partial charge in [-0.15, -0.1) is 0 Å². The quantitative estimate of drug-likeness (QED) is 0.373. The van der Waals surface area contributed by atoms with E-state index in [9.17, 15) is 14.4 Å². The van der Waals surface area contributed by atoms with Crippen molar-refractivity contribution in [1.29, 1.82) is 0 Å². The van der Waals surface area contributed by atoms with Crippen LogP contribution in [0.3, 0.4) is 0 Å². The zero-order chi connectivity index (χ0) is 29.7. The van der Waals surface area contributed by atoms with Crippen LogP contribution < -0.4 is 20.3 Å². The molecule has 2 aliphatic rings. The van der Waals surface area contributed by atoms with E-state index in [0.29, 0.717) is 60.4 Å². The van der Waals surface area contributed by atoms with Crippen LogP contribution in [0.4, 0.5) is 16.2 Å². The van der Waals surface area contributed by atoms with Gasteiger partial charge in [0.2, 0.25) is 5.91 Å². The monoisotopic (exact) mass is 609 g/mol. The van der Waals surface area contributed by atoms with Crippen molar-refractivity contribution in [3.8, 4) is 5.75 Å². The molecular weight excluding hydrogens is 577 g/mol. The van der Waals surface area contributed by atoms with E-state index in [1.165, 1.54) is 0 Å². The highest BCUT2D eigenvalue weighted by Crippen LogP contribution is 2.39. The summed E-state index contributed by atoms with van der Waals surface area (Å²) in [5.74, 6) is 0.366. The second-order valence-corrected chi connectivity index (χ2v) is 11.3. The standard InChI is InChI=1S/C31H33Cl2N5O4/c1-42-26-11-9-24(10-12-26)35-30(41)36-17-14-31(15-18-36)29(40)37(21-38(31)25-5-3-2-4-6-25)20-28(39)34-16-13-22-7-8-23(32)19-27(22)33/h2-12,19H,13-18,20-21H2,1H3,(H,34,39)(H,35,41). The Morgan fingerprint density at radius 2 is 1.69 bits per heavy atom. The van der Waals surface area contributed by atoms with Gasteiger partial charge in [-0.25, -0.2) is 4.79 Å². The Bertz CT molecular complexity index is 1430. The summed E-state index contributed by atoms with van der Waals surface area (Å²) in [4.78, 5) is 45.3. The Labute approximate surface area is 255 Å². The Balaban J connectivity index is 1.22. The van der Waals surface area contributed by atoms with Crippen LogP contribution >= 0.6 is 23.2 Å². The van der Waals surface area contributed by atoms with Crippen LogP contribution in [0.15, 0.2) is 72.8 Å². The highest BCUT2D eigenvalue weighted by molar-refractivity contribution is 6.35. The zero-order valence-corrected chi connectivity index (χ0v) is 24.8. The molecule has 0 radical (unpaired) electrons. The molecule has 2 aliphatic heterocycles. The van der Waals surface area contributed by atoms with Crippen LogP contribution in [-0.2, 0) is 16.0 Å². The van der Waals surface area contributed by atoms with Crippen molar-refractivity contribution in [2.45, 2.75) is 24.8 Å². The fourth-order valence-corrected chi connectivity index (χ4v) is 6.07. The number of rotatable bonds is 8. The number of para-hydroxylation sites is 1. The van der Waals surface area contributed by atoms with E-state index in [2.05, 4.69) is 15.5 Å². The lowest BCUT2D eigenvalue weighted by Gasteiger charge is -2.43. The first-order valence-corrected chi connectivity index (χ1v) is 14.6. The molecule has 0 saturated carbocycles. The van der Waals surface area contributed by atoms with Crippen molar-refractivity contribution in [3.05, 3.63) is 88.4 Å². The Hall–Kier alpha value is -3.95. The van der Waals surface area contributed by atoms with Crippen molar-refractivity contribution < 1.29 is 19.1 Å². The summed E-state index contributed by atoms with van der Waals surface area (Å²) in [6.45, 7) is 1.42. The van der Waals surface area contributed by atoms with Crippen LogP contribution in [-0.4, -0.2) is 73.1 Å². The van der Waals surface area contributed by atoms with Crippen molar-refractivity contribution in [2.24, 2.45) is 0 Å². The third-order valence-corrected chi connectivity index (χ3v) is 8.45. The summed E-state index contributed by atoms with van der Waals surface area (Å²) in [7, 11) is 1.59. The highest BCUT2D eigenvalue weighted by Gasteiger charge is 2.54. The largest absolute Gasteiger partial charge is 0.497 e. The number of likely N-dealkylation sites (tertiary alicyclic amines) is 1. The summed E-state index contributed by atoms with van der Waals surface area (Å²) in [6, 6.07) is 21.9. The molecule has 220 valence electrons. The number of amides is 4. The van der Waals surface area contributed by atoms with E-state index in [4.69, 9.17) is 27.9 Å². The van der Waals surface area contributed by atoms with E-state index < -0.39 is 5.54 Å². The zero-order valence-electron chi connectivity index (χ0n) is 23.3. The number of piperidine rings is 1. The number of halogens is 2. The summed E-state index contributed by atoms with van der Waals surface area (Å²) < 4.78 is 5.18. The van der Waals surface area contributed by atoms with Gasteiger partial charge in [-0.1, -0.05) is 47.5 Å². The van der Waals surface area contributed by atoms with Crippen molar-refractivity contribution in [1.82, 2.24) is 15.1 Å². The van der Waals surface area contributed by atoms with Gasteiger partial charge in [0.25, 0.3) is 5.91 Å². The predicted molar refractivity (Wildman–Crippen MR) is 164 cm³/mol. The first kappa shape index (κ1) is 29.5. The lowest BCUT2D eigenvalue weighted by atomic mass is 9.85. The van der Waals surface area contributed by atoms with Gasteiger partial charge in [-0.3, -0.25) is 9.59 Å². The maximum absolute atomic E-state index is 13.9. The fraction of sp³-hybridized carbons (Fsp3) is 0.323. The number of nitrogens with one attached hydrogen (secondary N) is 2. The molecule has 2 N–H and O–H groups in total. The molecule has 0 unspecified atom stereocenters. The first-order chi connectivity index (χ1) is 20.3. The van der Waals surface area contributed by atoms with Crippen molar-refractivity contribution in [3.63, 3.8) is 0 Å². The molecule has 42 heavy (non-hydrogen) atoms. The molecule has 2 saturated heterocycles. The molecule has 0 aliphatic carbocycles. The average Bonchev–Trinajstić information content (AvgIpc) is 3.25. The molecule has 0 atom stereocenters. The van der Waals surface area contributed by atoms with Gasteiger partial charge in [0.15, 0.2) is 0 Å². The van der Waals surface area contributed by atoms with Gasteiger partial charge in [-0.05, 0) is 73.4 Å². The second kappa shape index (κ2) is 12.9. The number of anilines is 2. The Morgan fingerprint density at radius 1 is 0.976 bits per heavy atom. The smallest absolute Gasteiger partial charge is 0.321 e. The molecule has 11 heteroatoms. The number of nitrogens with zero attached hydrogens (tertiary/aromatic N) is 3. The Morgan fingerprint density at radius 3 is 2.36 bits per heavy atom. The maximum Gasteiger partial charge on any atom is 0.321 e. The summed E-state index contributed by atoms with van der Waals surface area (Å²) in [6.07, 6.45) is 1.44. The lowest BCUT2D eigenvalue weighted by Crippen LogP contribution is -2.58. The first-order valence-electron chi connectivity index (χ1n) is 13.8. The molecule has 9 nitrogen and oxygen atoms in total. The fourth-order valence-electron chi connectivity index (χ4n) is 5.57. The van der Waals surface area contributed by atoms with E-state index in [1.54, 1.807) is 53.3 Å². The molecule has 0 aromatic heterocycles. The van der Waals surface area contributed by atoms with Gasteiger partial charge >= 0.3 is 6.03 Å². The minimum atomic E-state index is -0.838. The summed E-state index contributed by atoms with van der Waals surface area (Å²) in [5.41, 5.74) is 1.62. The number of ether oxygens (including phenoxy) is 1. The molecule has 0 bridgehead atoms. The minimum Gasteiger partial charge on any atom is -0.497 e. The van der Waals surface area contributed by atoms with Crippen LogP contribution in [0.2, 0.25) is 10.0 Å². The lowest BCUT2D eigenvalue weighted by molar-refractivity contribution is -0.137. The van der Waals surface area contributed by atoms with Crippen LogP contribution in [0.1, 0.15) is 18.4 Å². The van der Waals surface area contributed by atoms with Gasteiger partial charge < -0.3 is 30.1 Å². The summed E-state index contributed by atoms with van der Waals surface area (Å²) in [5, 5.41) is 6.94. The SMILES string of the molecule is COc1ccc(NC(=O)N2CCC3(CC2)C(=O)N(CC(=O)NCCc2ccc(Cl)cc2Cl)CN3c2ccccc2)cc1. The molecule has 3 aromatic carbocycles. The molecule has 2 heterocycles. The number of carbonyl (C=O) groups is 3. The van der Waals surface area contributed by atoms with Crippen LogP contribution in [0.5, 0.6) is 5.75 Å². The maximum atomic E-state index is 13.9. The van der Waals surface area contributed by atoms with E-state index in [1.807, 2.05) is 36.4 Å². The highest BCUT2D eigenvalue weighted by atomic mass is 35.5. The van der Waals surface area contributed by atoms with Crippen LogP contribution in [0.25, 0.3) is 0 Å². The van der Waals surface area contributed by atoms with Gasteiger partial charge in [0.1, 0.15) is 17.8 Å². The third kappa shape index (κ3) is 6.42. The van der Waals surface area contributed by atoms with Crippen LogP contribution in [0, 0.1) is 0 Å². The average molecular weight is 611 g/mol. The molecule has 2 fully saturated rings. The van der Waals surface area contributed by atoms with Crippen molar-refractivity contribution in [2.75, 3.05) is 50.2 Å². The van der Waals surface area contributed by atoms with Gasteiger partial charge in [-0.2, -0.15) is 0 Å². The number of benzene rings is 3. The van der Waals surface area contributed by atoms with E-state index >= 15 is 0 Å². The van der Waals surface area contributed by atoms with Gasteiger partial charge in [0, 0.05) is 41.1 Å². The normalized spacial score (nSPS) is 16.1. The topological polar surface area (TPSA) is 94.2 Å². The number of hydrogen-bond donors (Lipinski definition) is 2. The van der Waals surface area contributed by atoms with E-state index in [-0.39, 0.29) is 31.1 Å². The predicted octanol–water partition coefficient (Wildman–Crippen LogP) is 5.03. The number of hydrogen-bond acceptors (Lipinski definition) is 5. The number of urea groups is 1. The Kier molecular flexibility index (Phi) is 9.09.